The zero-order valence-corrected chi connectivity index (χ0v) is 19.6. The molecule has 1 aromatic carbocycles. The van der Waals surface area contributed by atoms with Gasteiger partial charge in [-0.1, -0.05) is 0 Å². The average molecular weight is 484 g/mol. The number of carboxylic acid groups (broad SMARTS) is 1. The van der Waals surface area contributed by atoms with Crippen LogP contribution in [0.1, 0.15) is 54.6 Å². The normalized spacial score (nSPS) is 14.0. The number of aryl methyl sites for hydroxylation is 3. The van der Waals surface area contributed by atoms with Crippen LogP contribution in [0.15, 0.2) is 25.8 Å². The summed E-state index contributed by atoms with van der Waals surface area (Å²) in [5.41, 5.74) is 7.96. The van der Waals surface area contributed by atoms with Gasteiger partial charge < -0.3 is 30.3 Å². The second-order valence-corrected chi connectivity index (χ2v) is 8.94. The lowest BCUT2D eigenvalue weighted by molar-refractivity contribution is -0.142. The molecule has 0 unspecified atom stereocenters. The topological polar surface area (TPSA) is 165 Å². The monoisotopic (exact) mass is 483 g/mol. The summed E-state index contributed by atoms with van der Waals surface area (Å²) < 4.78 is 11.6. The number of amides is 3. The first-order chi connectivity index (χ1) is 16.7. The Morgan fingerprint density at radius 2 is 1.86 bits per heavy atom. The Kier molecular flexibility index (Phi) is 7.09. The first-order valence-electron chi connectivity index (χ1n) is 11.8. The van der Waals surface area contributed by atoms with Gasteiger partial charge in [0.25, 0.3) is 0 Å². The van der Waals surface area contributed by atoms with Crippen molar-refractivity contribution in [3.8, 4) is 0 Å². The molecule has 1 atom stereocenters. The number of fused-ring (bicyclic) bond motifs is 4. The second-order valence-electron chi connectivity index (χ2n) is 8.94. The van der Waals surface area contributed by atoms with Crippen LogP contribution in [0.3, 0.4) is 0 Å². The van der Waals surface area contributed by atoms with Gasteiger partial charge in [0.1, 0.15) is 23.0 Å². The van der Waals surface area contributed by atoms with E-state index in [-0.39, 0.29) is 25.8 Å². The SMILES string of the molecule is Cc1c(CCC(=O)N[C@@H](CCCNC(N)=O)C(=O)O)c(=O)oc2cc3oc4c(c3cc12)CCCC4. The maximum Gasteiger partial charge on any atom is 0.339 e. The molecule has 0 saturated heterocycles. The van der Waals surface area contributed by atoms with Crippen molar-refractivity contribution >= 4 is 39.8 Å². The fourth-order valence-corrected chi connectivity index (χ4v) is 4.71. The van der Waals surface area contributed by atoms with E-state index in [4.69, 9.17) is 14.6 Å². The molecule has 1 aliphatic carbocycles. The highest BCUT2D eigenvalue weighted by Crippen LogP contribution is 2.35. The van der Waals surface area contributed by atoms with E-state index in [0.29, 0.717) is 23.2 Å². The van der Waals surface area contributed by atoms with Gasteiger partial charge in [-0.25, -0.2) is 14.4 Å². The lowest BCUT2D eigenvalue weighted by Gasteiger charge is -2.15. The van der Waals surface area contributed by atoms with Crippen LogP contribution in [0.5, 0.6) is 0 Å². The number of hydrogen-bond donors (Lipinski definition) is 4. The van der Waals surface area contributed by atoms with Crippen LogP contribution in [-0.2, 0) is 28.9 Å². The minimum atomic E-state index is -1.17. The number of carbonyl (C=O) groups is 3. The number of nitrogens with two attached hydrogens (primary N) is 1. The standard InChI is InChI=1S/C25H29N3O7/c1-13-14(8-9-22(29)28-18(23(30)31)6-4-10-27-25(26)33)24(32)35-20-12-21-17(11-16(13)20)15-5-2-3-7-19(15)34-21/h11-12,18H,2-10H2,1H3,(H,28,29)(H,30,31)(H3,26,27,33)/t18-/m0/s1. The van der Waals surface area contributed by atoms with Gasteiger partial charge in [0, 0.05) is 47.4 Å². The Hall–Kier alpha value is -3.82. The number of carboxylic acids is 1. The molecule has 0 spiro atoms. The third kappa shape index (κ3) is 5.31. The maximum atomic E-state index is 12.7. The molecule has 1 aliphatic rings. The zero-order valence-electron chi connectivity index (χ0n) is 19.6. The van der Waals surface area contributed by atoms with Crippen molar-refractivity contribution in [3.05, 3.63) is 45.0 Å². The Labute approximate surface area is 200 Å². The Bertz CT molecular complexity index is 1350. The molecule has 35 heavy (non-hydrogen) atoms. The van der Waals surface area contributed by atoms with E-state index in [1.54, 1.807) is 6.07 Å². The summed E-state index contributed by atoms with van der Waals surface area (Å²) >= 11 is 0. The van der Waals surface area contributed by atoms with E-state index >= 15 is 0 Å². The highest BCUT2D eigenvalue weighted by atomic mass is 16.4. The summed E-state index contributed by atoms with van der Waals surface area (Å²) in [6, 6.07) is 1.96. The highest BCUT2D eigenvalue weighted by Gasteiger charge is 2.22. The van der Waals surface area contributed by atoms with Crippen molar-refractivity contribution in [1.29, 1.82) is 0 Å². The van der Waals surface area contributed by atoms with Crippen molar-refractivity contribution in [3.63, 3.8) is 0 Å². The van der Waals surface area contributed by atoms with Crippen molar-refractivity contribution in [2.24, 2.45) is 5.73 Å². The molecule has 0 bridgehead atoms. The molecule has 2 heterocycles. The molecule has 0 radical (unpaired) electrons. The van der Waals surface area contributed by atoms with Crippen LogP contribution in [0.4, 0.5) is 4.79 Å². The van der Waals surface area contributed by atoms with Crippen LogP contribution in [0.25, 0.3) is 21.9 Å². The summed E-state index contributed by atoms with van der Waals surface area (Å²) in [6.07, 6.45) is 4.59. The Morgan fingerprint density at radius 3 is 2.60 bits per heavy atom. The summed E-state index contributed by atoms with van der Waals surface area (Å²) in [6.45, 7) is 2.04. The van der Waals surface area contributed by atoms with Gasteiger partial charge in [-0.15, -0.1) is 0 Å². The van der Waals surface area contributed by atoms with E-state index < -0.39 is 29.6 Å². The van der Waals surface area contributed by atoms with Gasteiger partial charge in [0.05, 0.1) is 0 Å². The smallest absolute Gasteiger partial charge is 0.339 e. The number of hydrogen-bond acceptors (Lipinski definition) is 6. The number of aliphatic carboxylic acids is 1. The molecule has 3 aromatic rings. The minimum absolute atomic E-state index is 0.0657. The van der Waals surface area contributed by atoms with E-state index in [0.717, 1.165) is 47.8 Å². The average Bonchev–Trinajstić information content (AvgIpc) is 3.17. The predicted octanol–water partition coefficient (Wildman–Crippen LogP) is 2.68. The lowest BCUT2D eigenvalue weighted by atomic mass is 9.94. The number of carbonyl (C=O) groups excluding carboxylic acids is 2. The number of benzene rings is 1. The molecule has 4 rings (SSSR count). The zero-order chi connectivity index (χ0) is 25.1. The maximum absolute atomic E-state index is 12.7. The summed E-state index contributed by atoms with van der Waals surface area (Å²) in [5.74, 6) is -0.665. The second kappa shape index (κ2) is 10.2. The molecule has 0 saturated carbocycles. The number of urea groups is 1. The number of furan rings is 1. The largest absolute Gasteiger partial charge is 0.480 e. The fourth-order valence-electron chi connectivity index (χ4n) is 4.71. The van der Waals surface area contributed by atoms with Crippen LogP contribution < -0.4 is 22.0 Å². The molecule has 0 fully saturated rings. The van der Waals surface area contributed by atoms with Gasteiger partial charge in [-0.2, -0.15) is 0 Å². The molecular weight excluding hydrogens is 454 g/mol. The van der Waals surface area contributed by atoms with Crippen LogP contribution in [0.2, 0.25) is 0 Å². The highest BCUT2D eigenvalue weighted by molar-refractivity contribution is 5.97. The molecule has 10 heteroatoms. The molecule has 2 aromatic heterocycles. The van der Waals surface area contributed by atoms with Crippen molar-refractivity contribution in [1.82, 2.24) is 10.6 Å². The van der Waals surface area contributed by atoms with Crippen LogP contribution in [-0.4, -0.2) is 35.6 Å². The van der Waals surface area contributed by atoms with Crippen molar-refractivity contribution in [2.45, 2.75) is 64.3 Å². The van der Waals surface area contributed by atoms with E-state index in [9.17, 15) is 24.3 Å². The summed E-state index contributed by atoms with van der Waals surface area (Å²) in [5, 5.41) is 16.1. The summed E-state index contributed by atoms with van der Waals surface area (Å²) in [7, 11) is 0. The number of nitrogens with one attached hydrogen (secondary N) is 2. The van der Waals surface area contributed by atoms with Gasteiger partial charge in [0.15, 0.2) is 0 Å². The van der Waals surface area contributed by atoms with E-state index in [1.165, 1.54) is 5.56 Å². The van der Waals surface area contributed by atoms with Gasteiger partial charge in [0.2, 0.25) is 5.91 Å². The van der Waals surface area contributed by atoms with Crippen molar-refractivity contribution in [2.75, 3.05) is 6.54 Å². The first-order valence-corrected chi connectivity index (χ1v) is 11.8. The Morgan fingerprint density at radius 1 is 1.11 bits per heavy atom. The van der Waals surface area contributed by atoms with Crippen LogP contribution in [0, 0.1) is 6.92 Å². The first kappa shape index (κ1) is 24.3. The molecule has 5 N–H and O–H groups in total. The molecule has 186 valence electrons. The number of primary amides is 1. The van der Waals surface area contributed by atoms with Gasteiger partial charge >= 0.3 is 17.6 Å². The third-order valence-corrected chi connectivity index (χ3v) is 6.57. The summed E-state index contributed by atoms with van der Waals surface area (Å²) in [4.78, 5) is 47.3. The third-order valence-electron chi connectivity index (χ3n) is 6.57. The lowest BCUT2D eigenvalue weighted by Crippen LogP contribution is -2.41. The fraction of sp³-hybridized carbons (Fsp3) is 0.440. The minimum Gasteiger partial charge on any atom is -0.480 e. The van der Waals surface area contributed by atoms with E-state index in [2.05, 4.69) is 10.6 Å². The van der Waals surface area contributed by atoms with Crippen molar-refractivity contribution < 1.29 is 28.3 Å². The van der Waals surface area contributed by atoms with Gasteiger partial charge in [-0.3, -0.25) is 4.79 Å². The molecule has 3 amide bonds. The van der Waals surface area contributed by atoms with Crippen LogP contribution >= 0.6 is 0 Å². The number of rotatable bonds is 9. The predicted molar refractivity (Wildman–Crippen MR) is 128 cm³/mol. The quantitative estimate of drug-likeness (QED) is 0.268. The molecular formula is C25H29N3O7. The molecule has 10 nitrogen and oxygen atoms in total. The van der Waals surface area contributed by atoms with E-state index in [1.807, 2.05) is 13.0 Å². The molecule has 0 aliphatic heterocycles. The van der Waals surface area contributed by atoms with Gasteiger partial charge in [-0.05, 0) is 57.1 Å². The Balaban J connectivity index is 1.48.